The van der Waals surface area contributed by atoms with E-state index in [1.807, 2.05) is 24.1 Å². The largest absolute Gasteiger partial charge is 0.382 e. The Morgan fingerprint density at radius 1 is 1.19 bits per heavy atom. The third-order valence-corrected chi connectivity index (χ3v) is 7.62. The quantitative estimate of drug-likeness (QED) is 0.304. The predicted molar refractivity (Wildman–Crippen MR) is 144 cm³/mol. The van der Waals surface area contributed by atoms with Crippen LogP contribution in [0.2, 0.25) is 0 Å². The van der Waals surface area contributed by atoms with Crippen LogP contribution < -0.4 is 5.32 Å². The molecule has 2 fully saturated rings. The van der Waals surface area contributed by atoms with Gasteiger partial charge in [-0.2, -0.15) is 0 Å². The molecule has 1 aromatic carbocycles. The maximum absolute atomic E-state index is 12.8. The molecule has 1 N–H and O–H groups in total. The van der Waals surface area contributed by atoms with E-state index in [1.165, 1.54) is 0 Å². The van der Waals surface area contributed by atoms with E-state index in [0.717, 1.165) is 88.6 Å². The van der Waals surface area contributed by atoms with Gasteiger partial charge in [-0.25, -0.2) is 4.99 Å². The van der Waals surface area contributed by atoms with Crippen molar-refractivity contribution in [3.63, 3.8) is 0 Å². The molecule has 0 aromatic heterocycles. The summed E-state index contributed by atoms with van der Waals surface area (Å²) in [5, 5.41) is 14.7. The first-order valence-electron chi connectivity index (χ1n) is 13.1. The molecule has 0 spiro atoms. The smallest absolute Gasteiger partial charge is 0.272 e. The van der Waals surface area contributed by atoms with Crippen LogP contribution >= 0.6 is 11.6 Å². The number of nitrogens with zero attached hydrogens (tertiary/aromatic N) is 5. The number of hydrogen-bond donors (Lipinski definition) is 1. The number of carbonyl (C=O) groups is 1. The number of aliphatic imine (C=N–C) groups is 1. The second kappa shape index (κ2) is 12.5. The zero-order chi connectivity index (χ0) is 25.5. The van der Waals surface area contributed by atoms with Crippen LogP contribution in [0, 0.1) is 10.1 Å². The van der Waals surface area contributed by atoms with Gasteiger partial charge in [0.25, 0.3) is 5.69 Å². The molecule has 196 valence electrons. The number of rotatable bonds is 9. The lowest BCUT2D eigenvalue weighted by molar-refractivity contribution is -0.385. The third-order valence-electron chi connectivity index (χ3n) is 7.33. The van der Waals surface area contributed by atoms with Gasteiger partial charge < -0.3 is 15.1 Å². The number of likely N-dealkylation sites (tertiary alicyclic amines) is 1. The highest BCUT2D eigenvalue weighted by Gasteiger charge is 2.24. The molecule has 1 aromatic rings. The van der Waals surface area contributed by atoms with Crippen molar-refractivity contribution in [3.8, 4) is 0 Å². The Labute approximate surface area is 218 Å². The number of piperazine rings is 1. The SMILES string of the molecule is CCc1cc(NC2CCN(C(=O)CCCN3CCN(C4=CCC(Cl)C=N4)CC3)CC2)ccc1[N+](=O)[O-]. The Kier molecular flexibility index (Phi) is 9.20. The fourth-order valence-corrected chi connectivity index (χ4v) is 5.30. The second-order valence-electron chi connectivity index (χ2n) is 9.78. The van der Waals surface area contributed by atoms with Gasteiger partial charge in [-0.15, -0.1) is 11.6 Å². The van der Waals surface area contributed by atoms with Crippen molar-refractivity contribution in [1.82, 2.24) is 14.7 Å². The van der Waals surface area contributed by atoms with Crippen molar-refractivity contribution in [3.05, 3.63) is 45.8 Å². The van der Waals surface area contributed by atoms with Crippen molar-refractivity contribution in [2.45, 2.75) is 56.9 Å². The van der Waals surface area contributed by atoms with Gasteiger partial charge in [0.1, 0.15) is 5.82 Å². The van der Waals surface area contributed by atoms with E-state index in [-0.39, 0.29) is 27.9 Å². The summed E-state index contributed by atoms with van der Waals surface area (Å²) in [4.78, 5) is 34.8. The Balaban J connectivity index is 1.13. The molecule has 0 bridgehead atoms. The lowest BCUT2D eigenvalue weighted by Crippen LogP contribution is -2.46. The molecule has 0 saturated carbocycles. The molecule has 3 aliphatic heterocycles. The Bertz CT molecular complexity index is 984. The van der Waals surface area contributed by atoms with Crippen LogP contribution in [-0.2, 0) is 11.2 Å². The minimum absolute atomic E-state index is 0.0127. The minimum atomic E-state index is -0.326. The first kappa shape index (κ1) is 26.4. The molecular formula is C26H37ClN6O3. The number of aryl methyl sites for hydroxylation is 1. The minimum Gasteiger partial charge on any atom is -0.382 e. The van der Waals surface area contributed by atoms with Gasteiger partial charge in [0.05, 0.1) is 10.3 Å². The van der Waals surface area contributed by atoms with Gasteiger partial charge in [0.2, 0.25) is 5.91 Å². The van der Waals surface area contributed by atoms with Gasteiger partial charge in [-0.05, 0) is 56.9 Å². The number of amides is 1. The van der Waals surface area contributed by atoms with Crippen LogP contribution in [0.25, 0.3) is 0 Å². The molecule has 0 aliphatic carbocycles. The van der Waals surface area contributed by atoms with Gasteiger partial charge in [0.15, 0.2) is 0 Å². The highest BCUT2D eigenvalue weighted by molar-refractivity contribution is 6.28. The van der Waals surface area contributed by atoms with E-state index in [2.05, 4.69) is 26.2 Å². The standard InChI is InChI=1S/C26H37ClN6O3/c1-2-20-18-23(6-7-24(20)33(35)36)29-22-9-12-32(13-10-22)26(34)4-3-11-30-14-16-31(17-15-30)25-8-5-21(27)19-28-25/h6-8,18-19,21-22,29H,2-5,9-17H2,1H3. The summed E-state index contributed by atoms with van der Waals surface area (Å²) in [6, 6.07) is 5.51. The summed E-state index contributed by atoms with van der Waals surface area (Å²) in [5.41, 5.74) is 1.83. The van der Waals surface area contributed by atoms with Gasteiger partial charge in [-0.3, -0.25) is 19.8 Å². The van der Waals surface area contributed by atoms with E-state index >= 15 is 0 Å². The molecule has 10 heteroatoms. The first-order valence-corrected chi connectivity index (χ1v) is 13.5. The van der Waals surface area contributed by atoms with Crippen molar-refractivity contribution in [2.75, 3.05) is 51.1 Å². The summed E-state index contributed by atoms with van der Waals surface area (Å²) in [7, 11) is 0. The number of nitro groups is 1. The number of carbonyl (C=O) groups excluding carboxylic acids is 1. The Morgan fingerprint density at radius 3 is 2.58 bits per heavy atom. The van der Waals surface area contributed by atoms with Gasteiger partial charge in [-0.1, -0.05) is 6.92 Å². The van der Waals surface area contributed by atoms with Crippen molar-refractivity contribution >= 4 is 35.1 Å². The van der Waals surface area contributed by atoms with E-state index < -0.39 is 0 Å². The van der Waals surface area contributed by atoms with E-state index in [9.17, 15) is 14.9 Å². The number of piperidine rings is 1. The molecule has 1 unspecified atom stereocenters. The number of halogens is 1. The summed E-state index contributed by atoms with van der Waals surface area (Å²) in [5.74, 6) is 1.28. The summed E-state index contributed by atoms with van der Waals surface area (Å²) in [6.45, 7) is 8.28. The molecule has 2 saturated heterocycles. The molecule has 1 amide bonds. The lowest BCUT2D eigenvalue weighted by atomic mass is 10.0. The van der Waals surface area contributed by atoms with Crippen LogP contribution in [0.1, 0.15) is 44.6 Å². The maximum Gasteiger partial charge on any atom is 0.272 e. The molecule has 4 rings (SSSR count). The monoisotopic (exact) mass is 516 g/mol. The lowest BCUT2D eigenvalue weighted by Gasteiger charge is -2.37. The molecule has 36 heavy (non-hydrogen) atoms. The van der Waals surface area contributed by atoms with Crippen molar-refractivity contribution < 1.29 is 9.72 Å². The van der Waals surface area contributed by atoms with Crippen LogP contribution in [0.15, 0.2) is 35.1 Å². The molecule has 1 atom stereocenters. The normalized spacial score (nSPS) is 21.4. The van der Waals surface area contributed by atoms with E-state index in [4.69, 9.17) is 11.6 Å². The molecule has 0 radical (unpaired) electrons. The third kappa shape index (κ3) is 6.97. The van der Waals surface area contributed by atoms with E-state index in [0.29, 0.717) is 12.8 Å². The molecule has 9 nitrogen and oxygen atoms in total. The number of nitrogens with one attached hydrogen (secondary N) is 1. The molecule has 3 heterocycles. The first-order chi connectivity index (χ1) is 17.4. The summed E-state index contributed by atoms with van der Waals surface area (Å²) in [6.07, 6.45) is 8.65. The van der Waals surface area contributed by atoms with E-state index in [1.54, 1.807) is 12.1 Å². The number of allylic oxidation sites excluding steroid dienone is 1. The van der Waals surface area contributed by atoms with Gasteiger partial charge >= 0.3 is 0 Å². The maximum atomic E-state index is 12.8. The Hall–Kier alpha value is -2.65. The number of hydrogen-bond acceptors (Lipinski definition) is 7. The average Bonchev–Trinajstić information content (AvgIpc) is 2.89. The number of alkyl halides is 1. The molecular weight excluding hydrogens is 480 g/mol. The number of benzene rings is 1. The van der Waals surface area contributed by atoms with Crippen molar-refractivity contribution in [1.29, 1.82) is 0 Å². The van der Waals surface area contributed by atoms with Crippen LogP contribution in [0.3, 0.4) is 0 Å². The van der Waals surface area contributed by atoms with Crippen molar-refractivity contribution in [2.24, 2.45) is 4.99 Å². The Morgan fingerprint density at radius 2 is 1.94 bits per heavy atom. The topological polar surface area (TPSA) is 94.3 Å². The fraction of sp³-hybridized carbons (Fsp3) is 0.615. The predicted octanol–water partition coefficient (Wildman–Crippen LogP) is 3.88. The second-order valence-corrected chi connectivity index (χ2v) is 10.3. The fourth-order valence-electron chi connectivity index (χ4n) is 5.16. The number of anilines is 1. The van der Waals surface area contributed by atoms with Crippen LogP contribution in [0.4, 0.5) is 11.4 Å². The highest BCUT2D eigenvalue weighted by atomic mass is 35.5. The average molecular weight is 517 g/mol. The van der Waals surface area contributed by atoms with Crippen LogP contribution in [-0.4, -0.2) is 89.0 Å². The van der Waals surface area contributed by atoms with Gasteiger partial charge in [0, 0.05) is 75.3 Å². The zero-order valence-corrected chi connectivity index (χ0v) is 21.8. The zero-order valence-electron chi connectivity index (χ0n) is 21.1. The summed E-state index contributed by atoms with van der Waals surface area (Å²) < 4.78 is 0. The van der Waals surface area contributed by atoms with Crippen LogP contribution in [0.5, 0.6) is 0 Å². The number of nitro benzene ring substituents is 1. The molecule has 3 aliphatic rings. The highest BCUT2D eigenvalue weighted by Crippen LogP contribution is 2.25. The summed E-state index contributed by atoms with van der Waals surface area (Å²) >= 11 is 6.07.